The predicted octanol–water partition coefficient (Wildman–Crippen LogP) is 3.70. The summed E-state index contributed by atoms with van der Waals surface area (Å²) >= 11 is 3.61. The molecule has 0 spiro atoms. The molecular weight excluding hydrogens is 372 g/mol. The maximum Gasteiger partial charge on any atom is 0.146 e. The lowest BCUT2D eigenvalue weighted by Crippen LogP contribution is -2.15. The van der Waals surface area contributed by atoms with Crippen LogP contribution in [0.1, 0.15) is 23.7 Å². The number of imidazole rings is 1. The van der Waals surface area contributed by atoms with Gasteiger partial charge in [0.1, 0.15) is 17.2 Å². The van der Waals surface area contributed by atoms with Crippen molar-refractivity contribution in [2.24, 2.45) is 0 Å². The molecule has 0 aliphatic carbocycles. The zero-order valence-electron chi connectivity index (χ0n) is 14.3. The van der Waals surface area contributed by atoms with Gasteiger partial charge in [0.15, 0.2) is 0 Å². The highest BCUT2D eigenvalue weighted by Crippen LogP contribution is 2.30. The maximum atomic E-state index is 5.79. The molecule has 6 heteroatoms. The summed E-state index contributed by atoms with van der Waals surface area (Å²) in [6.07, 6.45) is 1.05. The minimum absolute atomic E-state index is 0.182. The third-order valence-electron chi connectivity index (χ3n) is 4.27. The molecule has 0 saturated carbocycles. The van der Waals surface area contributed by atoms with Crippen LogP contribution in [0.5, 0.6) is 0 Å². The summed E-state index contributed by atoms with van der Waals surface area (Å²) in [4.78, 5) is 4.76. The van der Waals surface area contributed by atoms with Gasteiger partial charge < -0.3 is 18.8 Å². The van der Waals surface area contributed by atoms with Crippen molar-refractivity contribution < 1.29 is 14.2 Å². The Hall–Kier alpha value is -1.21. The van der Waals surface area contributed by atoms with E-state index in [0.29, 0.717) is 13.4 Å². The van der Waals surface area contributed by atoms with Crippen LogP contribution >= 0.6 is 15.9 Å². The van der Waals surface area contributed by atoms with Gasteiger partial charge in [-0.05, 0) is 47.0 Å². The minimum atomic E-state index is 0.182. The molecule has 2 aromatic rings. The molecule has 1 aromatic heterocycles. The van der Waals surface area contributed by atoms with E-state index in [1.807, 2.05) is 0 Å². The van der Waals surface area contributed by atoms with Crippen LogP contribution in [0.4, 0.5) is 0 Å². The van der Waals surface area contributed by atoms with Crippen LogP contribution in [-0.2, 0) is 33.8 Å². The van der Waals surface area contributed by atoms with E-state index in [0.717, 1.165) is 41.1 Å². The molecule has 0 bridgehead atoms. The minimum Gasteiger partial charge on any atom is -0.376 e. The first-order valence-corrected chi connectivity index (χ1v) is 8.92. The van der Waals surface area contributed by atoms with Gasteiger partial charge in [-0.15, -0.1) is 0 Å². The number of nitrogens with zero attached hydrogens (tertiary/aromatic N) is 2. The lowest BCUT2D eigenvalue weighted by atomic mass is 10.0. The molecule has 2 heterocycles. The number of fused-ring (bicyclic) bond motifs is 1. The molecule has 130 valence electrons. The van der Waals surface area contributed by atoms with Gasteiger partial charge in [0, 0.05) is 19.1 Å². The normalized spacial score (nSPS) is 17.6. The maximum absolute atomic E-state index is 5.79. The first kappa shape index (κ1) is 17.6. The second-order valence-electron chi connectivity index (χ2n) is 6.11. The van der Waals surface area contributed by atoms with Crippen LogP contribution in [0.25, 0.3) is 11.4 Å². The lowest BCUT2D eigenvalue weighted by molar-refractivity contribution is -0.0391. The molecule has 1 aliphatic rings. The zero-order valence-corrected chi connectivity index (χ0v) is 15.9. The van der Waals surface area contributed by atoms with Crippen LogP contribution < -0.4 is 0 Å². The molecular formula is C18H23BrN2O3. The fraction of sp³-hybridized carbons (Fsp3) is 0.500. The molecule has 1 aliphatic heterocycles. The van der Waals surface area contributed by atoms with E-state index < -0.39 is 0 Å². The van der Waals surface area contributed by atoms with E-state index in [9.17, 15) is 0 Å². The molecule has 5 nitrogen and oxygen atoms in total. The topological polar surface area (TPSA) is 45.5 Å². The quantitative estimate of drug-likeness (QED) is 0.572. The molecule has 0 radical (unpaired) electrons. The van der Waals surface area contributed by atoms with Crippen LogP contribution in [-0.4, -0.2) is 36.2 Å². The van der Waals surface area contributed by atoms with E-state index >= 15 is 0 Å². The summed E-state index contributed by atoms with van der Waals surface area (Å²) in [5.74, 6) is 0.974. The lowest BCUT2D eigenvalue weighted by Gasteiger charge is -2.14. The Kier molecular flexibility index (Phi) is 5.71. The Balaban J connectivity index is 1.96. The highest BCUT2D eigenvalue weighted by molar-refractivity contribution is 9.10. The molecule has 24 heavy (non-hydrogen) atoms. The van der Waals surface area contributed by atoms with E-state index in [1.54, 1.807) is 7.11 Å². The van der Waals surface area contributed by atoms with Crippen LogP contribution in [0.15, 0.2) is 22.8 Å². The van der Waals surface area contributed by atoms with Gasteiger partial charge in [-0.2, -0.15) is 0 Å². The molecule has 0 amide bonds. The highest BCUT2D eigenvalue weighted by atomic mass is 79.9. The van der Waals surface area contributed by atoms with E-state index in [1.165, 1.54) is 11.3 Å². The largest absolute Gasteiger partial charge is 0.376 e. The zero-order chi connectivity index (χ0) is 17.1. The number of rotatable bonds is 5. The van der Waals surface area contributed by atoms with Gasteiger partial charge in [0.2, 0.25) is 0 Å². The number of aromatic nitrogens is 2. The Bertz CT molecular complexity index is 715. The fourth-order valence-corrected chi connectivity index (χ4v) is 3.56. The van der Waals surface area contributed by atoms with Crippen LogP contribution in [0.3, 0.4) is 0 Å². The van der Waals surface area contributed by atoms with Crippen LogP contribution in [0.2, 0.25) is 0 Å². The number of ether oxygens (including phenoxy) is 3. The highest BCUT2D eigenvalue weighted by Gasteiger charge is 2.22. The van der Waals surface area contributed by atoms with E-state index in [2.05, 4.69) is 52.5 Å². The molecule has 0 N–H and O–H groups in total. The van der Waals surface area contributed by atoms with Crippen molar-refractivity contribution in [3.05, 3.63) is 39.6 Å². The second kappa shape index (κ2) is 7.78. The fourth-order valence-electron chi connectivity index (χ4n) is 2.98. The number of benzene rings is 1. The van der Waals surface area contributed by atoms with Gasteiger partial charge in [-0.1, -0.05) is 12.1 Å². The summed E-state index contributed by atoms with van der Waals surface area (Å²) in [6.45, 7) is 6.56. The van der Waals surface area contributed by atoms with E-state index in [-0.39, 0.29) is 6.10 Å². The Morgan fingerprint density at radius 2 is 2.25 bits per heavy atom. The summed E-state index contributed by atoms with van der Waals surface area (Å²) in [5, 5.41) is 0. The van der Waals surface area contributed by atoms with Crippen molar-refractivity contribution in [2.45, 2.75) is 39.5 Å². The molecule has 3 rings (SSSR count). The van der Waals surface area contributed by atoms with Gasteiger partial charge >= 0.3 is 0 Å². The number of hydrogen-bond acceptors (Lipinski definition) is 4. The van der Waals surface area contributed by atoms with Gasteiger partial charge in [-0.3, -0.25) is 0 Å². The molecule has 0 saturated heterocycles. The van der Waals surface area contributed by atoms with Crippen molar-refractivity contribution in [3.63, 3.8) is 0 Å². The Morgan fingerprint density at radius 3 is 3.04 bits per heavy atom. The SMILES string of the molecule is COCOCc1cc(-c2nc(Br)c3n2C[C@@H](C)OCC3)ccc1C. The molecule has 0 fully saturated rings. The average Bonchev–Trinajstić information content (AvgIpc) is 2.74. The standard InChI is InChI=1S/C18H23BrN2O3/c1-12-4-5-14(8-15(12)10-23-11-22-3)18-20-17(19)16-6-7-24-13(2)9-21(16)18/h4-5,8,13H,6-7,9-11H2,1-3H3/t13-/m1/s1. The van der Waals surface area contributed by atoms with Crippen molar-refractivity contribution in [3.8, 4) is 11.4 Å². The van der Waals surface area contributed by atoms with Gasteiger partial charge in [0.25, 0.3) is 0 Å². The average molecular weight is 395 g/mol. The predicted molar refractivity (Wildman–Crippen MR) is 95.9 cm³/mol. The third kappa shape index (κ3) is 3.72. The van der Waals surface area contributed by atoms with Crippen molar-refractivity contribution in [1.29, 1.82) is 0 Å². The van der Waals surface area contributed by atoms with E-state index in [4.69, 9.17) is 19.2 Å². The van der Waals surface area contributed by atoms with Crippen molar-refractivity contribution >= 4 is 15.9 Å². The molecule has 1 atom stereocenters. The third-order valence-corrected chi connectivity index (χ3v) is 4.91. The molecule has 1 aromatic carbocycles. The summed E-state index contributed by atoms with van der Waals surface area (Å²) in [5.41, 5.74) is 4.65. The van der Waals surface area contributed by atoms with Crippen LogP contribution in [0, 0.1) is 6.92 Å². The van der Waals surface area contributed by atoms with Crippen molar-refractivity contribution in [1.82, 2.24) is 9.55 Å². The Labute approximate surface area is 151 Å². The summed E-state index contributed by atoms with van der Waals surface area (Å²) < 4.78 is 19.5. The number of methoxy groups -OCH3 is 1. The number of hydrogen-bond donors (Lipinski definition) is 0. The first-order chi connectivity index (χ1) is 11.6. The Morgan fingerprint density at radius 1 is 1.42 bits per heavy atom. The van der Waals surface area contributed by atoms with Gasteiger partial charge in [-0.25, -0.2) is 4.98 Å². The first-order valence-electron chi connectivity index (χ1n) is 8.13. The molecule has 0 unspecified atom stereocenters. The summed E-state index contributed by atoms with van der Waals surface area (Å²) in [6, 6.07) is 6.39. The van der Waals surface area contributed by atoms with Crippen molar-refractivity contribution in [2.75, 3.05) is 20.5 Å². The summed E-state index contributed by atoms with van der Waals surface area (Å²) in [7, 11) is 1.63. The van der Waals surface area contributed by atoms with Gasteiger partial charge in [0.05, 0.1) is 31.6 Å². The second-order valence-corrected chi connectivity index (χ2v) is 6.86. The smallest absolute Gasteiger partial charge is 0.146 e. The monoisotopic (exact) mass is 394 g/mol. The number of aryl methyl sites for hydroxylation is 1. The number of halogens is 1.